The maximum atomic E-state index is 10.7. The van der Waals surface area contributed by atoms with Crippen LogP contribution in [0.1, 0.15) is 50.8 Å². The van der Waals surface area contributed by atoms with E-state index in [0.29, 0.717) is 15.5 Å². The first-order valence-electron chi connectivity index (χ1n) is 5.62. The highest BCUT2D eigenvalue weighted by molar-refractivity contribution is 6.31. The van der Waals surface area contributed by atoms with Crippen LogP contribution in [0.3, 0.4) is 0 Å². The zero-order valence-electron chi connectivity index (χ0n) is 11.1. The molecule has 92 valence electrons. The third-order valence-electron chi connectivity index (χ3n) is 2.12. The molecule has 0 amide bonds. The first-order chi connectivity index (χ1) is 7.74. The zero-order chi connectivity index (χ0) is 13.1. The van der Waals surface area contributed by atoms with Crippen molar-refractivity contribution in [2.75, 3.05) is 0 Å². The van der Waals surface area contributed by atoms with Gasteiger partial charge in [0.15, 0.2) is 6.29 Å². The fraction of sp³-hybridized carbons (Fsp3) is 0.538. The molecule has 0 unspecified atom stereocenters. The maximum absolute atomic E-state index is 10.7. The number of carbonyl (C=O) groups is 1. The van der Waals surface area contributed by atoms with Crippen LogP contribution in [0.5, 0.6) is 0 Å². The van der Waals surface area contributed by atoms with Gasteiger partial charge in [-0.1, -0.05) is 26.8 Å². The molecule has 0 bridgehead atoms. The number of hydrogen-bond donors (Lipinski definition) is 0. The molecule has 3 nitrogen and oxygen atoms in total. The van der Waals surface area contributed by atoms with Crippen LogP contribution >= 0.6 is 0 Å². The van der Waals surface area contributed by atoms with Crippen LogP contribution in [0.2, 0.25) is 5.04 Å². The second kappa shape index (κ2) is 5.10. The van der Waals surface area contributed by atoms with Crippen molar-refractivity contribution in [2.45, 2.75) is 45.3 Å². The molecule has 0 atom stereocenters. The van der Waals surface area contributed by atoms with Crippen molar-refractivity contribution < 1.29 is 9.22 Å². The number of hydrogen-bond acceptors (Lipinski definition) is 3. The van der Waals surface area contributed by atoms with Crippen LogP contribution in [0.4, 0.5) is 0 Å². The molecule has 0 aliphatic carbocycles. The van der Waals surface area contributed by atoms with Gasteiger partial charge in [0, 0.05) is 0 Å². The smallest absolute Gasteiger partial charge is 0.237 e. The monoisotopic (exact) mass is 249 g/mol. The van der Waals surface area contributed by atoms with Crippen molar-refractivity contribution >= 4 is 16.0 Å². The summed E-state index contributed by atoms with van der Waals surface area (Å²) in [7, 11) is 0.388. The normalized spacial score (nSPS) is 12.5. The molecule has 17 heavy (non-hydrogen) atoms. The van der Waals surface area contributed by atoms with Crippen LogP contribution in [0, 0.1) is 0 Å². The van der Waals surface area contributed by atoms with Crippen molar-refractivity contribution in [1.82, 2.24) is 4.98 Å². The van der Waals surface area contributed by atoms with Gasteiger partial charge in [-0.15, -0.1) is 0 Å². The topological polar surface area (TPSA) is 39.2 Å². The summed E-state index contributed by atoms with van der Waals surface area (Å²) in [4.78, 5) is 15.0. The van der Waals surface area contributed by atoms with Crippen LogP contribution in [0.25, 0.3) is 0 Å². The van der Waals surface area contributed by atoms with Crippen LogP contribution in [0.15, 0.2) is 18.2 Å². The molecule has 4 heteroatoms. The molecule has 0 fully saturated rings. The average molecular weight is 249 g/mol. The van der Waals surface area contributed by atoms with E-state index in [9.17, 15) is 4.79 Å². The molecule has 1 aromatic rings. The van der Waals surface area contributed by atoms with Gasteiger partial charge in [-0.3, -0.25) is 4.79 Å². The van der Waals surface area contributed by atoms with Crippen LogP contribution in [-0.4, -0.2) is 21.0 Å². The standard InChI is InChI=1S/C13H19NO2Si/c1-12(2,3)17-16-13(4,5)11-8-6-7-10(9-15)14-11/h6-9H,1-5H3. The molecule has 1 heterocycles. The Hall–Kier alpha value is -1.00. The molecule has 0 spiro atoms. The van der Waals surface area contributed by atoms with Gasteiger partial charge >= 0.3 is 0 Å². The van der Waals surface area contributed by atoms with Gasteiger partial charge in [-0.2, -0.15) is 0 Å². The molecule has 0 aliphatic rings. The number of rotatable bonds is 4. The van der Waals surface area contributed by atoms with E-state index in [1.165, 1.54) is 0 Å². The molecule has 1 aromatic heterocycles. The summed E-state index contributed by atoms with van der Waals surface area (Å²) < 4.78 is 5.93. The van der Waals surface area contributed by atoms with Crippen LogP contribution < -0.4 is 0 Å². The minimum atomic E-state index is -0.468. The summed E-state index contributed by atoms with van der Waals surface area (Å²) in [5.74, 6) is 0. The Morgan fingerprint density at radius 3 is 2.41 bits per heavy atom. The third kappa shape index (κ3) is 4.40. The van der Waals surface area contributed by atoms with E-state index in [4.69, 9.17) is 4.43 Å². The SMILES string of the molecule is CC(C)(C)[Si]OC(C)(C)c1cccc(C=O)n1. The Bertz CT molecular complexity index is 397. The van der Waals surface area contributed by atoms with Gasteiger partial charge in [0.2, 0.25) is 9.76 Å². The minimum absolute atomic E-state index is 0.138. The summed E-state index contributed by atoms with van der Waals surface area (Å²) in [6, 6.07) is 5.41. The van der Waals surface area contributed by atoms with Gasteiger partial charge in [-0.25, -0.2) is 4.98 Å². The molecule has 0 N–H and O–H groups in total. The highest BCUT2D eigenvalue weighted by Crippen LogP contribution is 2.28. The quantitative estimate of drug-likeness (QED) is 0.608. The molecule has 0 saturated heterocycles. The first kappa shape index (κ1) is 14.1. The van der Waals surface area contributed by atoms with Gasteiger partial charge in [-0.05, 0) is 31.0 Å². The second-order valence-corrected chi connectivity index (χ2v) is 7.44. The van der Waals surface area contributed by atoms with Gasteiger partial charge in [0.05, 0.1) is 11.3 Å². The zero-order valence-corrected chi connectivity index (χ0v) is 12.1. The molecule has 1 rings (SSSR count). The van der Waals surface area contributed by atoms with E-state index >= 15 is 0 Å². The van der Waals surface area contributed by atoms with E-state index in [1.54, 1.807) is 6.07 Å². The second-order valence-electron chi connectivity index (χ2n) is 5.53. The number of aldehydes is 1. The van der Waals surface area contributed by atoms with E-state index < -0.39 is 5.60 Å². The predicted molar refractivity (Wildman–Crippen MR) is 69.2 cm³/mol. The van der Waals surface area contributed by atoms with Crippen molar-refractivity contribution in [3.63, 3.8) is 0 Å². The summed E-state index contributed by atoms with van der Waals surface area (Å²) in [5.41, 5.74) is 0.766. The highest BCUT2D eigenvalue weighted by Gasteiger charge is 2.26. The van der Waals surface area contributed by atoms with Gasteiger partial charge < -0.3 is 4.43 Å². The number of pyridine rings is 1. The number of aromatic nitrogens is 1. The first-order valence-corrected chi connectivity index (χ1v) is 6.53. The van der Waals surface area contributed by atoms with E-state index in [0.717, 1.165) is 12.0 Å². The minimum Gasteiger partial charge on any atom is -0.406 e. The molecular formula is C13H19NO2Si. The lowest BCUT2D eigenvalue weighted by molar-refractivity contribution is 0.103. The van der Waals surface area contributed by atoms with Crippen molar-refractivity contribution in [3.05, 3.63) is 29.6 Å². The Kier molecular flexibility index (Phi) is 4.22. The fourth-order valence-corrected chi connectivity index (χ4v) is 1.85. The van der Waals surface area contributed by atoms with Gasteiger partial charge in [0.1, 0.15) is 5.69 Å². The Morgan fingerprint density at radius 2 is 1.88 bits per heavy atom. The molecule has 0 aliphatic heterocycles. The molecular weight excluding hydrogens is 230 g/mol. The van der Waals surface area contributed by atoms with Gasteiger partial charge in [0.25, 0.3) is 0 Å². The predicted octanol–water partition coefficient (Wildman–Crippen LogP) is 2.98. The molecule has 2 radical (unpaired) electrons. The Morgan fingerprint density at radius 1 is 1.24 bits per heavy atom. The summed E-state index contributed by atoms with van der Waals surface area (Å²) >= 11 is 0. The fourth-order valence-electron chi connectivity index (χ4n) is 1.19. The molecule has 0 saturated carbocycles. The lowest BCUT2D eigenvalue weighted by Gasteiger charge is -2.28. The maximum Gasteiger partial charge on any atom is 0.237 e. The van der Waals surface area contributed by atoms with Crippen molar-refractivity contribution in [1.29, 1.82) is 0 Å². The van der Waals surface area contributed by atoms with Crippen molar-refractivity contribution in [3.8, 4) is 0 Å². The lowest BCUT2D eigenvalue weighted by atomic mass is 10.0. The molecule has 0 aromatic carbocycles. The van der Waals surface area contributed by atoms with E-state index in [-0.39, 0.29) is 5.04 Å². The Labute approximate surface area is 106 Å². The van der Waals surface area contributed by atoms with Crippen molar-refractivity contribution in [2.24, 2.45) is 0 Å². The highest BCUT2D eigenvalue weighted by atomic mass is 28.2. The Balaban J connectivity index is 2.84. The number of nitrogens with zero attached hydrogens (tertiary/aromatic N) is 1. The largest absolute Gasteiger partial charge is 0.406 e. The summed E-state index contributed by atoms with van der Waals surface area (Å²) in [5, 5.41) is 0.138. The third-order valence-corrected chi connectivity index (χ3v) is 3.35. The van der Waals surface area contributed by atoms with Crippen LogP contribution in [-0.2, 0) is 10.0 Å². The summed E-state index contributed by atoms with van der Waals surface area (Å²) in [6.45, 7) is 10.4. The van der Waals surface area contributed by atoms with E-state index in [2.05, 4.69) is 25.8 Å². The number of carbonyl (C=O) groups excluding carboxylic acids is 1. The average Bonchev–Trinajstić information content (AvgIpc) is 2.26. The van der Waals surface area contributed by atoms with E-state index in [1.807, 2.05) is 26.0 Å². The summed E-state index contributed by atoms with van der Waals surface area (Å²) in [6.07, 6.45) is 0.756. The lowest BCUT2D eigenvalue weighted by Crippen LogP contribution is -2.28.